The Balaban J connectivity index is 0.000000184. The van der Waals surface area contributed by atoms with Crippen molar-refractivity contribution in [1.82, 2.24) is 0 Å². The number of rotatable bonds is 1. The van der Waals surface area contributed by atoms with Gasteiger partial charge in [-0.05, 0) is 29.8 Å². The topological polar surface area (TPSA) is 80.9 Å². The first-order chi connectivity index (χ1) is 8.52. The van der Waals surface area contributed by atoms with Crippen molar-refractivity contribution in [2.45, 2.75) is 0 Å². The largest absolute Gasteiger partial charge is 0.508 e. The molecule has 0 atom stereocenters. The molecule has 0 aliphatic heterocycles. The zero-order valence-electron chi connectivity index (χ0n) is 9.61. The fraction of sp³-hybridized carbons (Fsp3) is 0. The summed E-state index contributed by atoms with van der Waals surface area (Å²) in [5.41, 5.74) is 0.706. The highest BCUT2D eigenvalue weighted by Gasteiger charge is 1.93. The second kappa shape index (κ2) is 6.20. The molecule has 0 heterocycles. The highest BCUT2D eigenvalue weighted by Crippen LogP contribution is 2.21. The minimum Gasteiger partial charge on any atom is -0.508 e. The highest BCUT2D eigenvalue weighted by atomic mass is 16.3. The lowest BCUT2D eigenvalue weighted by atomic mass is 10.2. The molecule has 18 heavy (non-hydrogen) atoms. The van der Waals surface area contributed by atoms with Crippen molar-refractivity contribution in [2.24, 2.45) is 0 Å². The molecule has 0 aromatic heterocycles. The number of benzene rings is 2. The summed E-state index contributed by atoms with van der Waals surface area (Å²) < 4.78 is 0. The Morgan fingerprint density at radius 1 is 0.778 bits per heavy atom. The molecule has 0 saturated heterocycles. The van der Waals surface area contributed by atoms with Crippen molar-refractivity contribution in [1.29, 1.82) is 0 Å². The standard InChI is InChI=1S/C8H8O2.C6H6O2/c1-2-6-3-7(9)5-8(10)4-6;7-5-3-1-2-4-6(5)8/h2-5,9-10H,1H2;1-4,7-8H. The molecular weight excluding hydrogens is 232 g/mol. The van der Waals surface area contributed by atoms with E-state index in [0.717, 1.165) is 0 Å². The second-order valence-corrected chi connectivity index (χ2v) is 3.48. The minimum absolute atomic E-state index is 0.0508. The summed E-state index contributed by atoms with van der Waals surface area (Å²) >= 11 is 0. The van der Waals surface area contributed by atoms with Gasteiger partial charge in [0.15, 0.2) is 11.5 Å². The highest BCUT2D eigenvalue weighted by molar-refractivity contribution is 5.52. The van der Waals surface area contributed by atoms with Crippen LogP contribution in [0.25, 0.3) is 6.08 Å². The van der Waals surface area contributed by atoms with Crippen LogP contribution in [0.1, 0.15) is 5.56 Å². The van der Waals surface area contributed by atoms with Crippen LogP contribution in [-0.4, -0.2) is 20.4 Å². The molecule has 94 valence electrons. The van der Waals surface area contributed by atoms with Crippen LogP contribution in [0.5, 0.6) is 23.0 Å². The molecule has 0 spiro atoms. The molecule has 0 aliphatic rings. The normalized spacial score (nSPS) is 9.11. The summed E-state index contributed by atoms with van der Waals surface area (Å²) in [6, 6.07) is 10.5. The lowest BCUT2D eigenvalue weighted by Gasteiger charge is -1.96. The second-order valence-electron chi connectivity index (χ2n) is 3.48. The first kappa shape index (κ1) is 13.4. The Kier molecular flexibility index (Phi) is 4.63. The van der Waals surface area contributed by atoms with E-state index < -0.39 is 0 Å². The molecule has 0 bridgehead atoms. The maximum absolute atomic E-state index is 8.92. The maximum Gasteiger partial charge on any atom is 0.157 e. The van der Waals surface area contributed by atoms with Crippen molar-refractivity contribution in [3.63, 3.8) is 0 Å². The number of hydrogen-bond donors (Lipinski definition) is 4. The van der Waals surface area contributed by atoms with E-state index in [1.807, 2.05) is 0 Å². The van der Waals surface area contributed by atoms with Gasteiger partial charge in [0.05, 0.1) is 0 Å². The van der Waals surface area contributed by atoms with E-state index in [1.54, 1.807) is 18.2 Å². The first-order valence-electron chi connectivity index (χ1n) is 5.15. The lowest BCUT2D eigenvalue weighted by molar-refractivity contribution is 0.404. The summed E-state index contributed by atoms with van der Waals surface area (Å²) in [6.45, 7) is 3.49. The Hall–Kier alpha value is -2.62. The molecule has 4 N–H and O–H groups in total. The van der Waals surface area contributed by atoms with Crippen LogP contribution >= 0.6 is 0 Å². The average Bonchev–Trinajstić information content (AvgIpc) is 2.32. The van der Waals surface area contributed by atoms with Gasteiger partial charge < -0.3 is 20.4 Å². The Labute approximate surface area is 105 Å². The van der Waals surface area contributed by atoms with Crippen LogP contribution in [0.2, 0.25) is 0 Å². The van der Waals surface area contributed by atoms with Gasteiger partial charge in [-0.25, -0.2) is 0 Å². The van der Waals surface area contributed by atoms with Crippen LogP contribution in [-0.2, 0) is 0 Å². The molecule has 4 nitrogen and oxygen atoms in total. The van der Waals surface area contributed by atoms with Crippen molar-refractivity contribution >= 4 is 6.08 Å². The molecule has 2 rings (SSSR count). The Morgan fingerprint density at radius 3 is 1.56 bits per heavy atom. The van der Waals surface area contributed by atoms with Crippen molar-refractivity contribution in [3.8, 4) is 23.0 Å². The van der Waals surface area contributed by atoms with E-state index >= 15 is 0 Å². The van der Waals surface area contributed by atoms with Crippen molar-refractivity contribution < 1.29 is 20.4 Å². The summed E-state index contributed by atoms with van der Waals surface area (Å²) in [7, 11) is 0. The molecule has 0 saturated carbocycles. The molecule has 0 amide bonds. The molecule has 0 radical (unpaired) electrons. The third-order valence-electron chi connectivity index (χ3n) is 2.04. The van der Waals surface area contributed by atoms with Crippen LogP contribution < -0.4 is 0 Å². The number of para-hydroxylation sites is 2. The Bertz CT molecular complexity index is 494. The van der Waals surface area contributed by atoms with E-state index in [1.165, 1.54) is 30.3 Å². The predicted octanol–water partition coefficient (Wildman–Crippen LogP) is 2.84. The van der Waals surface area contributed by atoms with E-state index in [-0.39, 0.29) is 23.0 Å². The van der Waals surface area contributed by atoms with Crippen LogP contribution in [0, 0.1) is 0 Å². The molecule has 2 aromatic rings. The molecule has 4 heteroatoms. The predicted molar refractivity (Wildman–Crippen MR) is 69.6 cm³/mol. The monoisotopic (exact) mass is 246 g/mol. The summed E-state index contributed by atoms with van der Waals surface area (Å²) in [5, 5.41) is 35.2. The molecular formula is C14H14O4. The molecule has 0 fully saturated rings. The number of phenolic OH excluding ortho intramolecular Hbond substituents is 4. The van der Waals surface area contributed by atoms with Crippen LogP contribution in [0.3, 0.4) is 0 Å². The number of phenols is 4. The summed E-state index contributed by atoms with van der Waals surface area (Å²) in [6.07, 6.45) is 1.56. The minimum atomic E-state index is -0.0764. The number of hydrogen-bond acceptors (Lipinski definition) is 4. The van der Waals surface area contributed by atoms with E-state index in [4.69, 9.17) is 20.4 Å². The van der Waals surface area contributed by atoms with Gasteiger partial charge in [0, 0.05) is 6.07 Å². The Morgan fingerprint density at radius 2 is 1.22 bits per heavy atom. The summed E-state index contributed by atoms with van der Waals surface area (Å²) in [4.78, 5) is 0. The van der Waals surface area contributed by atoms with Gasteiger partial charge in [-0.3, -0.25) is 0 Å². The smallest absolute Gasteiger partial charge is 0.157 e. The van der Waals surface area contributed by atoms with Crippen molar-refractivity contribution in [3.05, 3.63) is 54.6 Å². The van der Waals surface area contributed by atoms with Gasteiger partial charge in [0.2, 0.25) is 0 Å². The number of aromatic hydroxyl groups is 4. The molecule has 2 aromatic carbocycles. The average molecular weight is 246 g/mol. The van der Waals surface area contributed by atoms with E-state index in [2.05, 4.69) is 6.58 Å². The zero-order valence-corrected chi connectivity index (χ0v) is 9.61. The van der Waals surface area contributed by atoms with Gasteiger partial charge in [0.1, 0.15) is 11.5 Å². The van der Waals surface area contributed by atoms with Crippen LogP contribution in [0.4, 0.5) is 0 Å². The van der Waals surface area contributed by atoms with E-state index in [0.29, 0.717) is 5.56 Å². The fourth-order valence-electron chi connectivity index (χ4n) is 1.20. The van der Waals surface area contributed by atoms with Gasteiger partial charge >= 0.3 is 0 Å². The third kappa shape index (κ3) is 4.09. The quantitative estimate of drug-likeness (QED) is 0.583. The molecule has 0 unspecified atom stereocenters. The van der Waals surface area contributed by atoms with Gasteiger partial charge in [0.25, 0.3) is 0 Å². The summed E-state index contributed by atoms with van der Waals surface area (Å²) in [5.74, 6) is -0.0511. The lowest BCUT2D eigenvalue weighted by Crippen LogP contribution is -1.71. The zero-order chi connectivity index (χ0) is 13.5. The van der Waals surface area contributed by atoms with E-state index in [9.17, 15) is 0 Å². The fourth-order valence-corrected chi connectivity index (χ4v) is 1.20. The first-order valence-corrected chi connectivity index (χ1v) is 5.15. The van der Waals surface area contributed by atoms with Crippen LogP contribution in [0.15, 0.2) is 49.0 Å². The van der Waals surface area contributed by atoms with Gasteiger partial charge in [-0.15, -0.1) is 0 Å². The van der Waals surface area contributed by atoms with Crippen molar-refractivity contribution in [2.75, 3.05) is 0 Å². The third-order valence-corrected chi connectivity index (χ3v) is 2.04. The molecule has 0 aliphatic carbocycles. The maximum atomic E-state index is 8.92. The SMILES string of the molecule is C=Cc1cc(O)cc(O)c1.Oc1ccccc1O. The van der Waals surface area contributed by atoms with Gasteiger partial charge in [-0.2, -0.15) is 0 Å². The van der Waals surface area contributed by atoms with Gasteiger partial charge in [-0.1, -0.05) is 24.8 Å².